The molecule has 0 bridgehead atoms. The van der Waals surface area contributed by atoms with E-state index < -0.39 is 12.0 Å². The van der Waals surface area contributed by atoms with Gasteiger partial charge < -0.3 is 10.4 Å². The van der Waals surface area contributed by atoms with E-state index in [2.05, 4.69) is 10.6 Å². The number of nitrogens with one attached hydrogen (secondary N) is 2. The number of carboxylic acids is 1. The number of benzene rings is 1. The van der Waals surface area contributed by atoms with Crippen molar-refractivity contribution >= 4 is 29.3 Å². The number of amides is 1. The minimum absolute atomic E-state index is 0.00234. The molecule has 1 aromatic carbocycles. The van der Waals surface area contributed by atoms with E-state index in [-0.39, 0.29) is 11.3 Å². The van der Waals surface area contributed by atoms with Crippen molar-refractivity contribution in [2.75, 3.05) is 11.1 Å². The zero-order valence-electron chi connectivity index (χ0n) is 9.84. The Morgan fingerprint density at radius 1 is 1.39 bits per heavy atom. The Balaban J connectivity index is 2.02. The fourth-order valence-electron chi connectivity index (χ4n) is 1.75. The fourth-order valence-corrected chi connectivity index (χ4v) is 2.98. The van der Waals surface area contributed by atoms with Crippen LogP contribution in [-0.4, -0.2) is 28.8 Å². The van der Waals surface area contributed by atoms with Crippen LogP contribution in [0.1, 0.15) is 17.9 Å². The van der Waals surface area contributed by atoms with Crippen molar-refractivity contribution in [1.29, 1.82) is 0 Å². The first kappa shape index (κ1) is 12.9. The molecule has 1 amide bonds. The molecule has 0 aromatic heterocycles. The predicted molar refractivity (Wildman–Crippen MR) is 70.5 cm³/mol. The van der Waals surface area contributed by atoms with E-state index in [4.69, 9.17) is 5.11 Å². The average Bonchev–Trinajstić information content (AvgIpc) is 2.78. The van der Waals surface area contributed by atoms with Gasteiger partial charge in [-0.15, -0.1) is 11.8 Å². The Bertz CT molecular complexity index is 461. The number of hydrogen-bond acceptors (Lipinski definition) is 4. The second kappa shape index (κ2) is 5.41. The van der Waals surface area contributed by atoms with E-state index in [1.807, 2.05) is 24.3 Å². The molecule has 1 fully saturated rings. The highest BCUT2D eigenvalue weighted by Crippen LogP contribution is 2.33. The molecule has 6 heteroatoms. The lowest BCUT2D eigenvalue weighted by Crippen LogP contribution is -2.33. The summed E-state index contributed by atoms with van der Waals surface area (Å²) in [6.07, 6.45) is 0. The van der Waals surface area contributed by atoms with E-state index in [0.717, 1.165) is 11.3 Å². The van der Waals surface area contributed by atoms with Crippen LogP contribution in [0.25, 0.3) is 0 Å². The Hall–Kier alpha value is -1.53. The van der Waals surface area contributed by atoms with Crippen LogP contribution in [0.3, 0.4) is 0 Å². The lowest BCUT2D eigenvalue weighted by Gasteiger charge is -2.12. The first-order chi connectivity index (χ1) is 8.56. The maximum atomic E-state index is 10.9. The quantitative estimate of drug-likeness (QED) is 0.771. The van der Waals surface area contributed by atoms with Crippen LogP contribution in [0, 0.1) is 0 Å². The summed E-state index contributed by atoms with van der Waals surface area (Å²) in [5, 5.41) is 14.6. The smallest absolute Gasteiger partial charge is 0.321 e. The van der Waals surface area contributed by atoms with Gasteiger partial charge in [0.05, 0.1) is 5.37 Å². The molecule has 1 aromatic rings. The summed E-state index contributed by atoms with van der Waals surface area (Å²) in [6, 6.07) is 6.91. The van der Waals surface area contributed by atoms with Gasteiger partial charge in [-0.3, -0.25) is 14.9 Å². The van der Waals surface area contributed by atoms with Crippen LogP contribution in [-0.2, 0) is 9.59 Å². The topological polar surface area (TPSA) is 78.4 Å². The molecular weight excluding hydrogens is 252 g/mol. The molecule has 0 saturated carbocycles. The van der Waals surface area contributed by atoms with Gasteiger partial charge in [-0.2, -0.15) is 0 Å². The summed E-state index contributed by atoms with van der Waals surface area (Å²) in [4.78, 5) is 21.7. The molecule has 1 aliphatic rings. The lowest BCUT2D eigenvalue weighted by atomic mass is 10.2. The van der Waals surface area contributed by atoms with E-state index in [9.17, 15) is 9.59 Å². The molecule has 18 heavy (non-hydrogen) atoms. The Morgan fingerprint density at radius 2 is 2.06 bits per heavy atom. The van der Waals surface area contributed by atoms with Gasteiger partial charge in [-0.1, -0.05) is 12.1 Å². The van der Waals surface area contributed by atoms with Gasteiger partial charge in [-0.05, 0) is 17.7 Å². The number of carbonyl (C=O) groups excluding carboxylic acids is 1. The van der Waals surface area contributed by atoms with Gasteiger partial charge in [0.15, 0.2) is 0 Å². The van der Waals surface area contributed by atoms with E-state index in [0.29, 0.717) is 5.75 Å². The van der Waals surface area contributed by atoms with Crippen molar-refractivity contribution in [3.05, 3.63) is 29.8 Å². The number of carboxylic acid groups (broad SMARTS) is 1. The van der Waals surface area contributed by atoms with Gasteiger partial charge in [0, 0.05) is 18.4 Å². The third-order valence-electron chi connectivity index (χ3n) is 2.61. The number of hydrogen-bond donors (Lipinski definition) is 3. The molecule has 0 unspecified atom stereocenters. The summed E-state index contributed by atoms with van der Waals surface area (Å²) in [5.74, 6) is -0.366. The molecule has 1 heterocycles. The highest BCUT2D eigenvalue weighted by molar-refractivity contribution is 7.99. The second-order valence-electron chi connectivity index (χ2n) is 4.07. The van der Waals surface area contributed by atoms with Crippen LogP contribution in [0.5, 0.6) is 0 Å². The van der Waals surface area contributed by atoms with Gasteiger partial charge in [-0.25, -0.2) is 0 Å². The van der Waals surface area contributed by atoms with Crippen molar-refractivity contribution in [1.82, 2.24) is 5.32 Å². The first-order valence-corrected chi connectivity index (χ1v) is 6.59. The first-order valence-electron chi connectivity index (χ1n) is 5.54. The maximum Gasteiger partial charge on any atom is 0.321 e. The fraction of sp³-hybridized carbons (Fsp3) is 0.333. The van der Waals surface area contributed by atoms with Crippen molar-refractivity contribution in [3.8, 4) is 0 Å². The summed E-state index contributed by atoms with van der Waals surface area (Å²) >= 11 is 1.57. The molecule has 5 nitrogen and oxygen atoms in total. The SMILES string of the molecule is CC(=O)Nc1ccc([C@H]2N[C@@H](C(=O)O)CS2)cc1. The molecule has 2 rings (SSSR count). The van der Waals surface area contributed by atoms with E-state index in [1.165, 1.54) is 6.92 Å². The number of thioether (sulfide) groups is 1. The molecule has 0 aliphatic carbocycles. The minimum Gasteiger partial charge on any atom is -0.480 e. The normalized spacial score (nSPS) is 22.7. The predicted octanol–water partition coefficient (Wildman–Crippen LogP) is 1.43. The molecule has 0 radical (unpaired) electrons. The largest absolute Gasteiger partial charge is 0.480 e. The van der Waals surface area contributed by atoms with Crippen LogP contribution < -0.4 is 10.6 Å². The van der Waals surface area contributed by atoms with Crippen molar-refractivity contribution < 1.29 is 14.7 Å². The number of carbonyl (C=O) groups is 2. The number of aliphatic carboxylic acids is 1. The zero-order valence-corrected chi connectivity index (χ0v) is 10.7. The summed E-state index contributed by atoms with van der Waals surface area (Å²) in [7, 11) is 0. The van der Waals surface area contributed by atoms with Crippen molar-refractivity contribution in [3.63, 3.8) is 0 Å². The highest BCUT2D eigenvalue weighted by atomic mass is 32.2. The molecule has 96 valence electrons. The highest BCUT2D eigenvalue weighted by Gasteiger charge is 2.30. The maximum absolute atomic E-state index is 10.9. The van der Waals surface area contributed by atoms with Crippen LogP contribution in [0.15, 0.2) is 24.3 Å². The average molecular weight is 266 g/mol. The second-order valence-corrected chi connectivity index (χ2v) is 5.21. The van der Waals surface area contributed by atoms with E-state index >= 15 is 0 Å². The zero-order chi connectivity index (χ0) is 13.1. The summed E-state index contributed by atoms with van der Waals surface area (Å²) in [5.41, 5.74) is 1.75. The van der Waals surface area contributed by atoms with Crippen LogP contribution in [0.2, 0.25) is 0 Å². The van der Waals surface area contributed by atoms with E-state index in [1.54, 1.807) is 11.8 Å². The number of rotatable bonds is 3. The van der Waals surface area contributed by atoms with Crippen LogP contribution >= 0.6 is 11.8 Å². The minimum atomic E-state index is -0.820. The van der Waals surface area contributed by atoms with Crippen LogP contribution in [0.4, 0.5) is 5.69 Å². The van der Waals surface area contributed by atoms with Gasteiger partial charge >= 0.3 is 5.97 Å². The summed E-state index contributed by atoms with van der Waals surface area (Å²) < 4.78 is 0. The van der Waals surface area contributed by atoms with Gasteiger partial charge in [0.2, 0.25) is 5.91 Å². The molecule has 2 atom stereocenters. The molecule has 0 spiro atoms. The molecular formula is C12H14N2O3S. The molecule has 1 aliphatic heterocycles. The Labute approximate surface area is 109 Å². The Morgan fingerprint density at radius 3 is 2.56 bits per heavy atom. The molecule has 3 N–H and O–H groups in total. The van der Waals surface area contributed by atoms with Gasteiger partial charge in [0.1, 0.15) is 6.04 Å². The Kier molecular flexibility index (Phi) is 3.88. The standard InChI is InChI=1S/C12H14N2O3S/c1-7(15)13-9-4-2-8(3-5-9)11-14-10(6-18-11)12(16)17/h2-5,10-11,14H,6H2,1H3,(H,13,15)(H,16,17)/t10-,11+/m1/s1. The number of anilines is 1. The lowest BCUT2D eigenvalue weighted by molar-refractivity contribution is -0.138. The molecule has 1 saturated heterocycles. The third kappa shape index (κ3) is 3.02. The van der Waals surface area contributed by atoms with Crippen molar-refractivity contribution in [2.45, 2.75) is 18.3 Å². The monoisotopic (exact) mass is 266 g/mol. The summed E-state index contributed by atoms with van der Waals surface area (Å²) in [6.45, 7) is 1.46. The van der Waals surface area contributed by atoms with Crippen molar-refractivity contribution in [2.24, 2.45) is 0 Å². The third-order valence-corrected chi connectivity index (χ3v) is 3.88. The van der Waals surface area contributed by atoms with Gasteiger partial charge in [0.25, 0.3) is 0 Å².